The second-order valence-electron chi connectivity index (χ2n) is 13.5. The molecule has 5 aliphatic rings. The monoisotopic (exact) mass is 607 g/mol. The lowest BCUT2D eigenvalue weighted by atomic mass is 9.81. The van der Waals surface area contributed by atoms with E-state index in [-0.39, 0.29) is 36.5 Å². The molecule has 4 atom stereocenters. The minimum absolute atomic E-state index is 0.00930. The third-order valence-corrected chi connectivity index (χ3v) is 11.5. The van der Waals surface area contributed by atoms with Crippen LogP contribution in [0.2, 0.25) is 0 Å². The lowest BCUT2D eigenvalue weighted by molar-refractivity contribution is -0.675. The fraction of sp³-hybridized carbons (Fsp3) is 0.444. The number of hydrogen-bond acceptors (Lipinski definition) is 3. The minimum atomic E-state index is -0.972. The van der Waals surface area contributed by atoms with Crippen molar-refractivity contribution in [3.05, 3.63) is 66.2 Å². The molecule has 8 rings (SSSR count). The average molecular weight is 608 g/mol. The molecule has 9 nitrogen and oxygen atoms in total. The molecule has 0 aromatic carbocycles. The Balaban J connectivity index is 1.71. The Morgan fingerprint density at radius 3 is 2.18 bits per heavy atom. The number of aromatic nitrogens is 3. The van der Waals surface area contributed by atoms with Gasteiger partial charge >= 0.3 is 17.8 Å². The molecule has 3 aromatic rings. The summed E-state index contributed by atoms with van der Waals surface area (Å²) >= 11 is 0. The second kappa shape index (κ2) is 8.86. The molecule has 0 bridgehead atoms. The largest absolute Gasteiger partial charge is 0.481 e. The van der Waals surface area contributed by atoms with Gasteiger partial charge in [0.2, 0.25) is 0 Å². The summed E-state index contributed by atoms with van der Waals surface area (Å²) in [6, 6.07) is -0.115. The second-order valence-corrected chi connectivity index (χ2v) is 13.5. The van der Waals surface area contributed by atoms with Gasteiger partial charge in [-0.15, -0.1) is 0 Å². The van der Waals surface area contributed by atoms with E-state index in [1.807, 2.05) is 6.92 Å². The smallest absolute Gasteiger partial charge is 0.424 e. The van der Waals surface area contributed by atoms with Crippen LogP contribution in [0.1, 0.15) is 96.5 Å². The van der Waals surface area contributed by atoms with E-state index in [2.05, 4.69) is 71.1 Å². The maximum atomic E-state index is 13.7. The molecule has 4 unspecified atom stereocenters. The number of rotatable bonds is 8. The highest BCUT2D eigenvalue weighted by molar-refractivity contribution is 6.21. The molecule has 3 aromatic heterocycles. The fourth-order valence-electron chi connectivity index (χ4n) is 9.87. The normalized spacial score (nSPS) is 24.2. The van der Waals surface area contributed by atoms with E-state index in [4.69, 9.17) is 0 Å². The van der Waals surface area contributed by atoms with E-state index in [0.717, 1.165) is 51.6 Å². The highest BCUT2D eigenvalue weighted by Gasteiger charge is 2.67. The van der Waals surface area contributed by atoms with Gasteiger partial charge in [-0.3, -0.25) is 14.4 Å². The topological polar surface area (TPSA) is 109 Å². The van der Waals surface area contributed by atoms with Gasteiger partial charge in [-0.1, -0.05) is 20.8 Å². The van der Waals surface area contributed by atoms with Gasteiger partial charge < -0.3 is 10.2 Å². The van der Waals surface area contributed by atoms with E-state index in [1.165, 1.54) is 22.3 Å². The van der Waals surface area contributed by atoms with E-state index in [1.54, 1.807) is 6.92 Å². The summed E-state index contributed by atoms with van der Waals surface area (Å²) in [4.78, 5) is 38.3. The maximum absolute atomic E-state index is 13.7. The lowest BCUT2D eigenvalue weighted by Crippen LogP contribution is -2.74. The Bertz CT molecular complexity index is 2270. The number of ketones is 1. The van der Waals surface area contributed by atoms with Crippen LogP contribution in [0, 0.1) is 32.6 Å². The maximum Gasteiger partial charge on any atom is 0.424 e. The third kappa shape index (κ3) is 3.00. The van der Waals surface area contributed by atoms with Gasteiger partial charge in [-0.2, -0.15) is 4.58 Å². The number of nitrogens with zero attached hydrogens (tertiary/aromatic N) is 4. The molecule has 9 heteroatoms. The molecular formula is C36H39N4O5+. The molecule has 8 heterocycles. The number of hydrogen-bond donors (Lipinski definition) is 2. The molecule has 0 saturated heterocycles. The first-order chi connectivity index (χ1) is 21.4. The first-order valence-corrected chi connectivity index (χ1v) is 16.2. The number of carbonyl (C=O) groups excluding carboxylic acids is 1. The van der Waals surface area contributed by atoms with Crippen molar-refractivity contribution in [1.29, 1.82) is 0 Å². The zero-order valence-electron chi connectivity index (χ0n) is 26.9. The van der Waals surface area contributed by atoms with Crippen LogP contribution in [0.15, 0.2) is 0 Å². The van der Waals surface area contributed by atoms with Crippen LogP contribution in [0.3, 0.4) is 0 Å². The summed E-state index contributed by atoms with van der Waals surface area (Å²) in [5, 5.41) is 24.1. The predicted molar refractivity (Wildman–Crippen MR) is 169 cm³/mol. The molecule has 232 valence electrons. The van der Waals surface area contributed by atoms with Gasteiger partial charge in [0, 0.05) is 24.0 Å². The summed E-state index contributed by atoms with van der Waals surface area (Å²) in [7, 11) is 0. The van der Waals surface area contributed by atoms with E-state index >= 15 is 0 Å². The molecule has 2 N–H and O–H groups in total. The van der Waals surface area contributed by atoms with Crippen LogP contribution in [0.4, 0.5) is 0 Å². The quantitative estimate of drug-likeness (QED) is 0.299. The molecular weight excluding hydrogens is 568 g/mol. The zero-order chi connectivity index (χ0) is 32.0. The zero-order valence-corrected chi connectivity index (χ0v) is 26.9. The molecule has 1 spiro atoms. The highest BCUT2D eigenvalue weighted by Crippen LogP contribution is 2.47. The van der Waals surface area contributed by atoms with Crippen LogP contribution >= 0.6 is 0 Å². The van der Waals surface area contributed by atoms with Gasteiger partial charge in [0.1, 0.15) is 0 Å². The van der Waals surface area contributed by atoms with Crippen LogP contribution in [0.5, 0.6) is 0 Å². The summed E-state index contributed by atoms with van der Waals surface area (Å²) in [5.41, 5.74) is 10.2. The third-order valence-electron chi connectivity index (χ3n) is 11.5. The standard InChI is InChI=1S/C36H38N4O5/c1-8-21-16(3)25-13-27-18(5)23(10-11-31(42)43)34-24(12-32(44)45)35-33(20(7)41)19(6)28-15-30-22(9-2)17(4)26-14-29(21)37(25)36(38(26)30,39(27)34)40(28)35/h13-15,18,23,27H,8-12H2,1-7H3,(H-,42,43,44,45)/p+1. The molecule has 45 heavy (non-hydrogen) atoms. The van der Waals surface area contributed by atoms with Gasteiger partial charge in [-0.25, -0.2) is 13.7 Å². The van der Waals surface area contributed by atoms with Gasteiger partial charge in [0.15, 0.2) is 17.5 Å². The number of carboxylic acid groups (broad SMARTS) is 2. The van der Waals surface area contributed by atoms with Gasteiger partial charge in [0.05, 0.1) is 50.7 Å². The first kappa shape index (κ1) is 28.1. The van der Waals surface area contributed by atoms with Crippen molar-refractivity contribution < 1.29 is 29.2 Å². The first-order valence-electron chi connectivity index (χ1n) is 16.2. The average Bonchev–Trinajstić information content (AvgIpc) is 3.63. The minimum Gasteiger partial charge on any atom is -0.481 e. The number of carbonyl (C=O) groups is 3. The molecule has 0 radical (unpaired) electrons. The molecule has 0 aliphatic carbocycles. The Morgan fingerprint density at radius 2 is 1.56 bits per heavy atom. The number of aliphatic carboxylic acids is 2. The lowest BCUT2D eigenvalue weighted by Gasteiger charge is -2.45. The highest BCUT2D eigenvalue weighted by atomic mass is 16.4. The van der Waals surface area contributed by atoms with Gasteiger partial charge in [-0.05, 0) is 86.9 Å². The number of Topliss-reactive ketones (excluding diaryl/α,β-unsaturated/α-hetero) is 1. The summed E-state index contributed by atoms with van der Waals surface area (Å²) in [6.07, 6.45) is 8.69. The Hall–Kier alpha value is -4.40. The van der Waals surface area contributed by atoms with Crippen molar-refractivity contribution in [3.63, 3.8) is 0 Å². The van der Waals surface area contributed by atoms with Crippen molar-refractivity contribution in [2.75, 3.05) is 0 Å². The molecule has 0 fully saturated rings. The van der Waals surface area contributed by atoms with E-state index in [0.29, 0.717) is 22.9 Å². The van der Waals surface area contributed by atoms with E-state index < -0.39 is 17.8 Å². The molecule has 5 aliphatic heterocycles. The van der Waals surface area contributed by atoms with Crippen LogP contribution < -0.4 is 21.4 Å². The van der Waals surface area contributed by atoms with Crippen molar-refractivity contribution in [3.8, 4) is 0 Å². The fourth-order valence-corrected chi connectivity index (χ4v) is 9.87. The van der Waals surface area contributed by atoms with Gasteiger partial charge in [0.25, 0.3) is 0 Å². The Kier molecular flexibility index (Phi) is 5.53. The predicted octanol–water partition coefficient (Wildman–Crippen LogP) is 1.68. The Labute approximate surface area is 260 Å². The van der Waals surface area contributed by atoms with Crippen molar-refractivity contribution >= 4 is 47.2 Å². The summed E-state index contributed by atoms with van der Waals surface area (Å²) in [5.74, 6) is -3.11. The Morgan fingerprint density at radius 1 is 0.867 bits per heavy atom. The van der Waals surface area contributed by atoms with Crippen LogP contribution in [-0.2, 0) is 28.3 Å². The van der Waals surface area contributed by atoms with Crippen molar-refractivity contribution in [2.45, 2.75) is 92.5 Å². The SMILES string of the molecule is CCc1c(C)c2n3c1C=c1c(C)c(C(C)=O)c4n1C31n3c(c(C)c(CC)c3=C2)=CC2C(C)C(CCC(=O)O)C(=[N+]21)C=4CC(=O)O. The van der Waals surface area contributed by atoms with E-state index in [9.17, 15) is 24.6 Å². The van der Waals surface area contributed by atoms with Crippen LogP contribution in [0.25, 0.3) is 23.8 Å². The van der Waals surface area contributed by atoms with Crippen molar-refractivity contribution in [2.24, 2.45) is 11.8 Å². The summed E-state index contributed by atoms with van der Waals surface area (Å²) < 4.78 is 9.60. The summed E-state index contributed by atoms with van der Waals surface area (Å²) in [6.45, 7) is 14.5. The molecule has 0 saturated carbocycles. The van der Waals surface area contributed by atoms with Crippen molar-refractivity contribution in [1.82, 2.24) is 13.7 Å². The number of carboxylic acids is 2. The van der Waals surface area contributed by atoms with Crippen LogP contribution in [-0.4, -0.2) is 58.0 Å². The molecule has 0 amide bonds.